The predicted molar refractivity (Wildman–Crippen MR) is 200 cm³/mol. The Kier molecular flexibility index (Phi) is 18.2. The average Bonchev–Trinajstić information content (AvgIpc) is 3.05. The molecule has 46 heavy (non-hydrogen) atoms. The molecule has 0 aliphatic heterocycles. The van der Waals surface area contributed by atoms with Gasteiger partial charge in [-0.25, -0.2) is 0 Å². The molecule has 2 N–H and O–H groups in total. The van der Waals surface area contributed by atoms with Crippen molar-refractivity contribution in [3.63, 3.8) is 0 Å². The van der Waals surface area contributed by atoms with Gasteiger partial charge in [-0.15, -0.1) is 23.5 Å². The first-order chi connectivity index (χ1) is 22.0. The Morgan fingerprint density at radius 2 is 1.48 bits per heavy atom. The van der Waals surface area contributed by atoms with Gasteiger partial charge in [-0.2, -0.15) is 5.26 Å². The van der Waals surface area contributed by atoms with E-state index in [-0.39, 0.29) is 23.3 Å². The number of nitriles is 1. The van der Waals surface area contributed by atoms with Crippen molar-refractivity contribution >= 4 is 45.2 Å². The molecule has 5 nitrogen and oxygen atoms in total. The summed E-state index contributed by atoms with van der Waals surface area (Å²) in [5.41, 5.74) is -0.169. The first kappa shape index (κ1) is 40.0. The molecule has 8 heteroatoms. The number of esters is 1. The Labute approximate surface area is 292 Å². The largest absolute Gasteiger partial charge is 0.504 e. The lowest BCUT2D eigenvalue weighted by atomic mass is 9.62. The lowest BCUT2D eigenvalue weighted by Gasteiger charge is -2.40. The SMILES string of the molecule is CCCCCCCCCCCCSC(=S)SCC(CC(CC(C)(C(=O)OC)C(C)(C)C#N)c1ccc(O)c(O)c1)c1ccccc1. The summed E-state index contributed by atoms with van der Waals surface area (Å²) in [6, 6.07) is 17.5. The van der Waals surface area contributed by atoms with Gasteiger partial charge in [-0.05, 0) is 80.9 Å². The zero-order chi connectivity index (χ0) is 34.0. The number of aromatic hydroxyl groups is 2. The van der Waals surface area contributed by atoms with Crippen molar-refractivity contribution in [1.82, 2.24) is 0 Å². The smallest absolute Gasteiger partial charge is 0.313 e. The number of unbranched alkanes of at least 4 members (excludes halogenated alkanes) is 9. The van der Waals surface area contributed by atoms with Crippen LogP contribution < -0.4 is 0 Å². The second-order valence-electron chi connectivity index (χ2n) is 13.1. The molecule has 0 heterocycles. The maximum Gasteiger partial charge on any atom is 0.313 e. The van der Waals surface area contributed by atoms with Gasteiger partial charge in [0, 0.05) is 5.75 Å². The highest BCUT2D eigenvalue weighted by atomic mass is 32.2. The Balaban J connectivity index is 2.13. The van der Waals surface area contributed by atoms with E-state index in [9.17, 15) is 20.3 Å². The van der Waals surface area contributed by atoms with Crippen molar-refractivity contribution in [2.45, 2.75) is 117 Å². The van der Waals surface area contributed by atoms with Crippen LogP contribution in [0.5, 0.6) is 11.5 Å². The molecule has 3 atom stereocenters. The molecule has 2 rings (SSSR count). The summed E-state index contributed by atoms with van der Waals surface area (Å²) in [6.07, 6.45) is 14.2. The van der Waals surface area contributed by atoms with E-state index in [1.165, 1.54) is 82.9 Å². The molecule has 0 spiro atoms. The highest BCUT2D eigenvalue weighted by Gasteiger charge is 2.50. The summed E-state index contributed by atoms with van der Waals surface area (Å²) in [4.78, 5) is 13.3. The van der Waals surface area contributed by atoms with Gasteiger partial charge in [0.25, 0.3) is 0 Å². The molecule has 0 fully saturated rings. The molecule has 0 bridgehead atoms. The normalized spacial score (nSPS) is 14.2. The zero-order valence-corrected chi connectivity index (χ0v) is 31.0. The van der Waals surface area contributed by atoms with Gasteiger partial charge >= 0.3 is 5.97 Å². The lowest BCUT2D eigenvalue weighted by Crippen LogP contribution is -2.43. The van der Waals surface area contributed by atoms with Crippen LogP contribution in [0, 0.1) is 22.2 Å². The molecule has 0 radical (unpaired) electrons. The molecule has 3 unspecified atom stereocenters. The molecule has 2 aromatic carbocycles. The van der Waals surface area contributed by atoms with Gasteiger partial charge in [0.05, 0.1) is 24.0 Å². The van der Waals surface area contributed by atoms with E-state index in [1.807, 2.05) is 18.2 Å². The van der Waals surface area contributed by atoms with Crippen LogP contribution in [0.2, 0.25) is 0 Å². The third-order valence-electron chi connectivity index (χ3n) is 9.38. The highest BCUT2D eigenvalue weighted by molar-refractivity contribution is 8.47. The standard InChI is InChI=1S/C38H55NO4S3/c1-6-7-8-9-10-11-12-13-14-18-23-45-36(44)46-27-32(29-19-16-15-17-20-29)24-31(30-21-22-33(40)34(41)25-30)26-38(4,35(42)43-5)37(2,3)28-39/h15-17,19-22,25,31-32,40-41H,6-14,18,23-24,26-27H2,1-5H3. The summed E-state index contributed by atoms with van der Waals surface area (Å²) in [6.45, 7) is 7.59. The highest BCUT2D eigenvalue weighted by Crippen LogP contribution is 2.49. The van der Waals surface area contributed by atoms with Crippen molar-refractivity contribution in [1.29, 1.82) is 5.26 Å². The van der Waals surface area contributed by atoms with Gasteiger partial charge in [0.15, 0.2) is 11.5 Å². The third-order valence-corrected chi connectivity index (χ3v) is 12.3. The van der Waals surface area contributed by atoms with Crippen LogP contribution in [0.15, 0.2) is 48.5 Å². The van der Waals surface area contributed by atoms with E-state index in [1.54, 1.807) is 56.4 Å². The van der Waals surface area contributed by atoms with E-state index < -0.39 is 16.8 Å². The molecular formula is C38H55NO4S3. The van der Waals surface area contributed by atoms with Crippen LogP contribution in [0.4, 0.5) is 0 Å². The zero-order valence-electron chi connectivity index (χ0n) is 28.6. The molecule has 2 aromatic rings. The second-order valence-corrected chi connectivity index (χ2v) is 16.5. The molecule has 254 valence electrons. The van der Waals surface area contributed by atoms with E-state index >= 15 is 0 Å². The van der Waals surface area contributed by atoms with Gasteiger partial charge in [0.1, 0.15) is 3.53 Å². The second kappa shape index (κ2) is 20.9. The number of carbonyl (C=O) groups excluding carboxylic acids is 1. The maximum atomic E-state index is 13.3. The number of nitrogens with zero attached hydrogens (tertiary/aromatic N) is 1. The first-order valence-electron chi connectivity index (χ1n) is 16.8. The van der Waals surface area contributed by atoms with E-state index in [4.69, 9.17) is 17.0 Å². The molecular weight excluding hydrogens is 631 g/mol. The predicted octanol–water partition coefficient (Wildman–Crippen LogP) is 11.1. The Hall–Kier alpha value is -2.21. The number of phenols is 2. The van der Waals surface area contributed by atoms with Crippen LogP contribution >= 0.6 is 35.7 Å². The number of thiocarbonyl (C=S) groups is 1. The van der Waals surface area contributed by atoms with Crippen LogP contribution in [-0.4, -0.2) is 38.3 Å². The van der Waals surface area contributed by atoms with Crippen LogP contribution in [0.1, 0.15) is 128 Å². The number of carbonyl (C=O) groups is 1. The van der Waals surface area contributed by atoms with Crippen molar-refractivity contribution < 1.29 is 19.7 Å². The quantitative estimate of drug-likeness (QED) is 0.0581. The Morgan fingerprint density at radius 3 is 2.04 bits per heavy atom. The molecule has 0 saturated carbocycles. The minimum atomic E-state index is -1.12. The number of thioether (sulfide) groups is 2. The van der Waals surface area contributed by atoms with Crippen molar-refractivity contribution in [3.8, 4) is 17.6 Å². The monoisotopic (exact) mass is 685 g/mol. The van der Waals surface area contributed by atoms with E-state index in [2.05, 4.69) is 25.1 Å². The molecule has 0 aliphatic carbocycles. The average molecular weight is 686 g/mol. The Morgan fingerprint density at radius 1 is 0.870 bits per heavy atom. The van der Waals surface area contributed by atoms with Gasteiger partial charge in [-0.3, -0.25) is 4.79 Å². The topological polar surface area (TPSA) is 90.6 Å². The summed E-state index contributed by atoms with van der Waals surface area (Å²) in [5, 5.41) is 30.5. The van der Waals surface area contributed by atoms with Crippen LogP contribution in [0.25, 0.3) is 0 Å². The summed E-state index contributed by atoms with van der Waals surface area (Å²) >= 11 is 9.27. The first-order valence-corrected chi connectivity index (χ1v) is 19.2. The minimum Gasteiger partial charge on any atom is -0.504 e. The number of methoxy groups -OCH3 is 1. The van der Waals surface area contributed by atoms with Crippen LogP contribution in [0.3, 0.4) is 0 Å². The fraction of sp³-hybridized carbons (Fsp3) is 0.605. The molecule has 0 amide bonds. The summed E-state index contributed by atoms with van der Waals surface area (Å²) in [5.74, 6) is 0.825. The minimum absolute atomic E-state index is 0.0927. The van der Waals surface area contributed by atoms with E-state index in [0.717, 1.165) is 20.6 Å². The number of rotatable bonds is 21. The van der Waals surface area contributed by atoms with Crippen molar-refractivity contribution in [2.24, 2.45) is 10.8 Å². The van der Waals surface area contributed by atoms with E-state index in [0.29, 0.717) is 12.8 Å². The summed E-state index contributed by atoms with van der Waals surface area (Å²) < 4.78 is 6.19. The molecule has 0 aliphatic rings. The van der Waals surface area contributed by atoms with Crippen LogP contribution in [-0.2, 0) is 9.53 Å². The van der Waals surface area contributed by atoms with Gasteiger partial charge in [0.2, 0.25) is 0 Å². The summed E-state index contributed by atoms with van der Waals surface area (Å²) in [7, 11) is 1.35. The number of phenolic OH excluding ortho intramolecular Hbond substituents is 2. The Bertz CT molecular complexity index is 1250. The van der Waals surface area contributed by atoms with Gasteiger partial charge in [-0.1, -0.05) is 113 Å². The number of hydrogen-bond donors (Lipinski definition) is 2. The van der Waals surface area contributed by atoms with Crippen molar-refractivity contribution in [3.05, 3.63) is 59.7 Å². The lowest BCUT2D eigenvalue weighted by molar-refractivity contribution is -0.158. The molecule has 0 aromatic heterocycles. The fourth-order valence-corrected chi connectivity index (χ4v) is 8.31. The molecule has 0 saturated heterocycles. The number of ether oxygens (including phenoxy) is 1. The fourth-order valence-electron chi connectivity index (χ4n) is 5.89. The maximum absolute atomic E-state index is 13.3. The van der Waals surface area contributed by atoms with Gasteiger partial charge < -0.3 is 14.9 Å². The third kappa shape index (κ3) is 12.8. The number of hydrogen-bond acceptors (Lipinski definition) is 8. The van der Waals surface area contributed by atoms with Crippen molar-refractivity contribution in [2.75, 3.05) is 18.6 Å². The number of benzene rings is 2.